The quantitative estimate of drug-likeness (QED) is 0.623. The number of aryl methyl sites for hydroxylation is 1. The molecule has 0 fully saturated rings. The molecular weight excluding hydrogens is 330 g/mol. The van der Waals surface area contributed by atoms with Gasteiger partial charge in [0.25, 0.3) is 0 Å². The normalized spacial score (nSPS) is 12.0. The topological polar surface area (TPSA) is 35.2 Å². The van der Waals surface area contributed by atoms with E-state index >= 15 is 0 Å². The lowest BCUT2D eigenvalue weighted by Gasteiger charge is -2.14. The maximum atomic E-state index is 6.43. The summed E-state index contributed by atoms with van der Waals surface area (Å²) in [5.74, 6) is 0.875. The van der Waals surface area contributed by atoms with Crippen molar-refractivity contribution in [1.29, 1.82) is 0 Å². The second-order valence-corrected chi connectivity index (χ2v) is 6.51. The Hall–Kier alpha value is -2.29. The van der Waals surface area contributed by atoms with Crippen LogP contribution in [0.5, 0.6) is 5.75 Å². The zero-order valence-corrected chi connectivity index (χ0v) is 15.0. The zero-order valence-electron chi connectivity index (χ0n) is 14.3. The maximum absolute atomic E-state index is 6.43. The molecule has 0 saturated carbocycles. The van der Waals surface area contributed by atoms with Crippen molar-refractivity contribution in [3.63, 3.8) is 0 Å². The predicted molar refractivity (Wildman–Crippen MR) is 105 cm³/mol. The van der Waals surface area contributed by atoms with Crippen LogP contribution in [-0.2, 0) is 6.42 Å². The average Bonchev–Trinajstić information content (AvgIpc) is 2.67. The number of hydrogen-bond donors (Lipinski definition) is 1. The molecule has 0 radical (unpaired) electrons. The first-order chi connectivity index (χ1) is 12.2. The van der Waals surface area contributed by atoms with Gasteiger partial charge in [-0.25, -0.2) is 0 Å². The molecule has 0 amide bonds. The Morgan fingerprint density at radius 1 is 0.960 bits per heavy atom. The summed E-state index contributed by atoms with van der Waals surface area (Å²) < 4.78 is 5.19. The predicted octanol–water partition coefficient (Wildman–Crippen LogP) is 5.65. The summed E-state index contributed by atoms with van der Waals surface area (Å²) in [7, 11) is 1.68. The van der Waals surface area contributed by atoms with E-state index in [1.807, 2.05) is 42.5 Å². The minimum Gasteiger partial charge on any atom is -0.497 e. The maximum Gasteiger partial charge on any atom is 0.118 e. The van der Waals surface area contributed by atoms with E-state index in [-0.39, 0.29) is 6.04 Å². The third-order valence-electron chi connectivity index (χ3n) is 4.40. The van der Waals surface area contributed by atoms with Gasteiger partial charge in [0, 0.05) is 16.6 Å². The van der Waals surface area contributed by atoms with Gasteiger partial charge in [0.2, 0.25) is 0 Å². The Balaban J connectivity index is 1.70. The van der Waals surface area contributed by atoms with Gasteiger partial charge >= 0.3 is 0 Å². The van der Waals surface area contributed by atoms with Gasteiger partial charge in [-0.1, -0.05) is 60.1 Å². The zero-order chi connectivity index (χ0) is 17.6. The number of benzene rings is 3. The summed E-state index contributed by atoms with van der Waals surface area (Å²) in [5.41, 5.74) is 11.0. The molecule has 0 aromatic heterocycles. The van der Waals surface area contributed by atoms with E-state index in [9.17, 15) is 0 Å². The summed E-state index contributed by atoms with van der Waals surface area (Å²) in [6.45, 7) is 0. The summed E-state index contributed by atoms with van der Waals surface area (Å²) in [6, 6.07) is 24.4. The highest BCUT2D eigenvalue weighted by atomic mass is 35.5. The van der Waals surface area contributed by atoms with E-state index in [2.05, 4.69) is 30.3 Å². The van der Waals surface area contributed by atoms with E-state index in [0.717, 1.165) is 40.3 Å². The molecule has 0 spiro atoms. The number of nitrogens with two attached hydrogens (primary N) is 1. The molecule has 128 valence electrons. The van der Waals surface area contributed by atoms with Crippen molar-refractivity contribution in [2.45, 2.75) is 18.9 Å². The monoisotopic (exact) mass is 351 g/mol. The molecule has 0 aliphatic carbocycles. The molecule has 3 rings (SSSR count). The minimum absolute atomic E-state index is 0.00969. The Bertz CT molecular complexity index is 829. The standard InChI is InChI=1S/C22H22ClNO/c1-25-19-12-9-16(10-13-19)11-14-22(24)18-6-4-5-17(15-18)20-7-2-3-8-21(20)23/h2-10,12-13,15,22H,11,14,24H2,1H3. The van der Waals surface area contributed by atoms with E-state index in [1.165, 1.54) is 5.56 Å². The smallest absolute Gasteiger partial charge is 0.118 e. The molecule has 3 heteroatoms. The largest absolute Gasteiger partial charge is 0.497 e. The van der Waals surface area contributed by atoms with E-state index in [4.69, 9.17) is 22.1 Å². The Morgan fingerprint density at radius 3 is 2.44 bits per heavy atom. The summed E-state index contributed by atoms with van der Waals surface area (Å²) >= 11 is 6.32. The van der Waals surface area contributed by atoms with E-state index in [0.29, 0.717) is 0 Å². The van der Waals surface area contributed by atoms with Crippen LogP contribution in [0.4, 0.5) is 0 Å². The lowest BCUT2D eigenvalue weighted by molar-refractivity contribution is 0.414. The molecule has 1 atom stereocenters. The van der Waals surface area contributed by atoms with E-state index in [1.54, 1.807) is 7.11 Å². The van der Waals surface area contributed by atoms with Crippen LogP contribution in [0.1, 0.15) is 23.6 Å². The van der Waals surface area contributed by atoms with Crippen LogP contribution in [-0.4, -0.2) is 7.11 Å². The minimum atomic E-state index is -0.00969. The van der Waals surface area contributed by atoms with Crippen molar-refractivity contribution in [2.75, 3.05) is 7.11 Å². The average molecular weight is 352 g/mol. The van der Waals surface area contributed by atoms with Crippen molar-refractivity contribution in [1.82, 2.24) is 0 Å². The fourth-order valence-corrected chi connectivity index (χ4v) is 3.16. The molecule has 0 saturated heterocycles. The van der Waals surface area contributed by atoms with Gasteiger partial charge in [0.15, 0.2) is 0 Å². The van der Waals surface area contributed by atoms with Crippen molar-refractivity contribution in [2.24, 2.45) is 5.73 Å². The van der Waals surface area contributed by atoms with Crippen LogP contribution >= 0.6 is 11.6 Å². The van der Waals surface area contributed by atoms with Crippen molar-refractivity contribution in [3.05, 3.63) is 88.9 Å². The van der Waals surface area contributed by atoms with Crippen molar-refractivity contribution < 1.29 is 4.74 Å². The highest BCUT2D eigenvalue weighted by Crippen LogP contribution is 2.29. The van der Waals surface area contributed by atoms with Crippen LogP contribution in [0.25, 0.3) is 11.1 Å². The first kappa shape index (κ1) is 17.5. The van der Waals surface area contributed by atoms with Gasteiger partial charge in [0.05, 0.1) is 7.11 Å². The molecule has 3 aromatic rings. The second kappa shape index (κ2) is 8.19. The first-order valence-corrected chi connectivity index (χ1v) is 8.78. The highest BCUT2D eigenvalue weighted by Gasteiger charge is 2.09. The van der Waals surface area contributed by atoms with Gasteiger partial charge in [0.1, 0.15) is 5.75 Å². The van der Waals surface area contributed by atoms with Crippen LogP contribution in [0, 0.1) is 0 Å². The molecule has 3 aromatic carbocycles. The van der Waals surface area contributed by atoms with Crippen LogP contribution in [0.2, 0.25) is 5.02 Å². The molecule has 2 N–H and O–H groups in total. The number of methoxy groups -OCH3 is 1. The summed E-state index contributed by atoms with van der Waals surface area (Å²) in [6.07, 6.45) is 1.82. The molecule has 0 heterocycles. The van der Waals surface area contributed by atoms with Crippen LogP contribution in [0.3, 0.4) is 0 Å². The van der Waals surface area contributed by atoms with Gasteiger partial charge in [-0.2, -0.15) is 0 Å². The van der Waals surface area contributed by atoms with Crippen molar-refractivity contribution in [3.8, 4) is 16.9 Å². The Morgan fingerprint density at radius 2 is 1.72 bits per heavy atom. The molecule has 0 aliphatic heterocycles. The van der Waals surface area contributed by atoms with Gasteiger partial charge in [-0.05, 0) is 53.8 Å². The highest BCUT2D eigenvalue weighted by molar-refractivity contribution is 6.33. The summed E-state index contributed by atoms with van der Waals surface area (Å²) in [5, 5.41) is 0.756. The molecule has 0 aliphatic rings. The molecular formula is C22H22ClNO. The lowest BCUT2D eigenvalue weighted by atomic mass is 9.96. The Labute approximate surface area is 154 Å². The first-order valence-electron chi connectivity index (χ1n) is 8.41. The van der Waals surface area contributed by atoms with Gasteiger partial charge in [-0.15, -0.1) is 0 Å². The number of rotatable bonds is 6. The lowest BCUT2D eigenvalue weighted by Crippen LogP contribution is -2.11. The number of hydrogen-bond acceptors (Lipinski definition) is 2. The summed E-state index contributed by atoms with van der Waals surface area (Å²) in [4.78, 5) is 0. The number of ether oxygens (including phenoxy) is 1. The fraction of sp³-hybridized carbons (Fsp3) is 0.182. The Kier molecular flexibility index (Phi) is 5.75. The van der Waals surface area contributed by atoms with E-state index < -0.39 is 0 Å². The molecule has 0 bridgehead atoms. The van der Waals surface area contributed by atoms with Gasteiger partial charge < -0.3 is 10.5 Å². The third-order valence-corrected chi connectivity index (χ3v) is 4.73. The molecule has 25 heavy (non-hydrogen) atoms. The van der Waals surface area contributed by atoms with Crippen LogP contribution < -0.4 is 10.5 Å². The van der Waals surface area contributed by atoms with Crippen molar-refractivity contribution >= 4 is 11.6 Å². The number of halogens is 1. The SMILES string of the molecule is COc1ccc(CCC(N)c2cccc(-c3ccccc3Cl)c2)cc1. The second-order valence-electron chi connectivity index (χ2n) is 6.10. The third kappa shape index (κ3) is 4.41. The molecule has 1 unspecified atom stereocenters. The fourth-order valence-electron chi connectivity index (χ4n) is 2.91. The van der Waals surface area contributed by atoms with Gasteiger partial charge in [-0.3, -0.25) is 0 Å². The molecule has 2 nitrogen and oxygen atoms in total. The van der Waals surface area contributed by atoms with Crippen LogP contribution in [0.15, 0.2) is 72.8 Å².